The minimum absolute atomic E-state index is 0.0234. The van der Waals surface area contributed by atoms with Gasteiger partial charge in [-0.05, 0) is 29.4 Å². The molecule has 0 saturated carbocycles. The number of hydrogen-bond donors (Lipinski definition) is 3. The van der Waals surface area contributed by atoms with E-state index < -0.39 is 0 Å². The summed E-state index contributed by atoms with van der Waals surface area (Å²) in [4.78, 5) is 17.5. The summed E-state index contributed by atoms with van der Waals surface area (Å²) in [6.07, 6.45) is 0. The van der Waals surface area contributed by atoms with E-state index in [1.165, 1.54) is 0 Å². The van der Waals surface area contributed by atoms with Crippen LogP contribution >= 0.6 is 0 Å². The Balaban J connectivity index is 2.09. The lowest BCUT2D eigenvalue weighted by Crippen LogP contribution is -1.82. The molecule has 0 atom stereocenters. The monoisotopic (exact) mass is 307 g/mol. The second-order valence-corrected chi connectivity index (χ2v) is 5.25. The number of methoxy groups -OCH3 is 1. The molecule has 0 fully saturated rings. The van der Waals surface area contributed by atoms with Gasteiger partial charge in [0.25, 0.3) is 0 Å². The van der Waals surface area contributed by atoms with E-state index in [1.807, 2.05) is 30.3 Å². The Bertz CT molecular complexity index is 1050. The first-order chi connectivity index (χ1) is 11.2. The number of nitrogens with one attached hydrogen (secondary N) is 2. The Labute approximate surface area is 130 Å². The summed E-state index contributed by atoms with van der Waals surface area (Å²) in [5, 5.41) is 15.0. The molecule has 2 heterocycles. The van der Waals surface area contributed by atoms with Crippen LogP contribution in [0.4, 0.5) is 5.69 Å². The van der Waals surface area contributed by atoms with E-state index in [-0.39, 0.29) is 11.6 Å². The second-order valence-electron chi connectivity index (χ2n) is 5.25. The Kier molecular flexibility index (Phi) is 2.84. The molecule has 0 unspecified atom stereocenters. The van der Waals surface area contributed by atoms with Crippen molar-refractivity contribution in [2.45, 2.75) is 0 Å². The zero-order chi connectivity index (χ0) is 16.0. The number of H-pyrrole nitrogens is 2. The van der Waals surface area contributed by atoms with E-state index in [0.29, 0.717) is 22.4 Å². The van der Waals surface area contributed by atoms with Crippen molar-refractivity contribution < 1.29 is 9.84 Å². The van der Waals surface area contributed by atoms with Gasteiger partial charge in [-0.3, -0.25) is 0 Å². The first-order valence-electron chi connectivity index (χ1n) is 7.06. The van der Waals surface area contributed by atoms with Crippen molar-refractivity contribution in [2.75, 3.05) is 7.11 Å². The number of nitrogens with zero attached hydrogens (tertiary/aromatic N) is 1. The fourth-order valence-electron chi connectivity index (χ4n) is 2.94. The van der Waals surface area contributed by atoms with Gasteiger partial charge < -0.3 is 19.8 Å². The minimum Gasteiger partial charge on any atom is -0.497 e. The molecule has 2 aromatic carbocycles. The quantitative estimate of drug-likeness (QED) is 0.489. The van der Waals surface area contributed by atoms with E-state index in [9.17, 15) is 10.0 Å². The highest BCUT2D eigenvalue weighted by atomic mass is 16.5. The third-order valence-corrected chi connectivity index (χ3v) is 4.01. The fraction of sp³-hybridized carbons (Fsp3) is 0.0588. The zero-order valence-electron chi connectivity index (χ0n) is 12.3. The molecule has 0 aliphatic carbocycles. The predicted molar refractivity (Wildman–Crippen MR) is 89.3 cm³/mol. The van der Waals surface area contributed by atoms with Crippen LogP contribution in [0.3, 0.4) is 0 Å². The molecule has 6 nitrogen and oxygen atoms in total. The van der Waals surface area contributed by atoms with Crippen molar-refractivity contribution in [1.29, 1.82) is 0 Å². The SMILES string of the molecule is COc1ccc2[nH]c(O)c(-c3[nH]c4ccccc4c3N=O)c2c1. The molecule has 114 valence electrons. The number of aromatic amines is 2. The van der Waals surface area contributed by atoms with E-state index in [2.05, 4.69) is 15.1 Å². The molecule has 6 heteroatoms. The van der Waals surface area contributed by atoms with Crippen LogP contribution in [-0.2, 0) is 0 Å². The van der Waals surface area contributed by atoms with Crippen LogP contribution in [0.2, 0.25) is 0 Å². The van der Waals surface area contributed by atoms with Crippen molar-refractivity contribution in [3.63, 3.8) is 0 Å². The minimum atomic E-state index is -0.0234. The number of para-hydroxylation sites is 1. The molecule has 0 spiro atoms. The lowest BCUT2D eigenvalue weighted by atomic mass is 10.1. The van der Waals surface area contributed by atoms with E-state index >= 15 is 0 Å². The lowest BCUT2D eigenvalue weighted by Gasteiger charge is -2.01. The average molecular weight is 307 g/mol. The summed E-state index contributed by atoms with van der Waals surface area (Å²) in [5.41, 5.74) is 2.80. The van der Waals surface area contributed by atoms with Crippen LogP contribution in [0.5, 0.6) is 11.6 Å². The Hall–Kier alpha value is -3.28. The van der Waals surface area contributed by atoms with Gasteiger partial charge in [0.2, 0.25) is 0 Å². The Morgan fingerprint density at radius 1 is 1.04 bits per heavy atom. The molecule has 0 bridgehead atoms. The number of ether oxygens (including phenoxy) is 1. The van der Waals surface area contributed by atoms with Crippen LogP contribution in [-0.4, -0.2) is 22.2 Å². The van der Waals surface area contributed by atoms with Crippen LogP contribution in [0.25, 0.3) is 33.1 Å². The molecule has 4 rings (SSSR count). The molecule has 0 aliphatic heterocycles. The van der Waals surface area contributed by atoms with Gasteiger partial charge in [0.05, 0.1) is 18.4 Å². The summed E-state index contributed by atoms with van der Waals surface area (Å²) < 4.78 is 5.25. The van der Waals surface area contributed by atoms with Crippen molar-refractivity contribution in [2.24, 2.45) is 5.18 Å². The highest BCUT2D eigenvalue weighted by molar-refractivity contribution is 6.07. The van der Waals surface area contributed by atoms with Gasteiger partial charge in [-0.15, -0.1) is 4.91 Å². The number of rotatable bonds is 3. The van der Waals surface area contributed by atoms with E-state index in [0.717, 1.165) is 16.4 Å². The molecule has 0 saturated heterocycles. The summed E-state index contributed by atoms with van der Waals surface area (Å²) >= 11 is 0. The lowest BCUT2D eigenvalue weighted by molar-refractivity contribution is 0.415. The smallest absolute Gasteiger partial charge is 0.199 e. The number of aromatic hydroxyl groups is 1. The Morgan fingerprint density at radius 2 is 1.83 bits per heavy atom. The van der Waals surface area contributed by atoms with Gasteiger partial charge in [0.1, 0.15) is 11.4 Å². The highest BCUT2D eigenvalue weighted by Gasteiger charge is 2.21. The number of aromatic nitrogens is 2. The van der Waals surface area contributed by atoms with Crippen LogP contribution < -0.4 is 4.74 Å². The molecule has 3 N–H and O–H groups in total. The van der Waals surface area contributed by atoms with Gasteiger partial charge in [-0.25, -0.2) is 0 Å². The van der Waals surface area contributed by atoms with Gasteiger partial charge in [0.15, 0.2) is 5.88 Å². The van der Waals surface area contributed by atoms with Gasteiger partial charge in [-0.1, -0.05) is 18.2 Å². The Morgan fingerprint density at radius 3 is 2.61 bits per heavy atom. The first kappa shape index (κ1) is 13.4. The summed E-state index contributed by atoms with van der Waals surface area (Å²) in [6, 6.07) is 12.8. The maximum Gasteiger partial charge on any atom is 0.199 e. The van der Waals surface area contributed by atoms with Gasteiger partial charge in [0, 0.05) is 21.8 Å². The third-order valence-electron chi connectivity index (χ3n) is 4.01. The van der Waals surface area contributed by atoms with Gasteiger partial charge in [-0.2, -0.15) is 0 Å². The van der Waals surface area contributed by atoms with Crippen molar-refractivity contribution >= 4 is 27.5 Å². The average Bonchev–Trinajstić information content (AvgIpc) is 3.09. The molecular formula is C17H13N3O3. The second kappa shape index (κ2) is 4.88. The zero-order valence-corrected chi connectivity index (χ0v) is 12.3. The van der Waals surface area contributed by atoms with Crippen molar-refractivity contribution in [3.05, 3.63) is 47.4 Å². The molecular weight excluding hydrogens is 294 g/mol. The predicted octanol–water partition coefficient (Wildman–Crippen LogP) is 4.43. The summed E-state index contributed by atoms with van der Waals surface area (Å²) in [6.45, 7) is 0. The van der Waals surface area contributed by atoms with E-state index in [4.69, 9.17) is 4.74 Å². The highest BCUT2D eigenvalue weighted by Crippen LogP contribution is 2.44. The summed E-state index contributed by atoms with van der Waals surface area (Å²) in [7, 11) is 1.58. The number of fused-ring (bicyclic) bond motifs is 2. The maximum absolute atomic E-state index is 11.4. The van der Waals surface area contributed by atoms with Crippen LogP contribution in [0.1, 0.15) is 0 Å². The number of nitroso groups, excluding NO2 is 1. The fourth-order valence-corrected chi connectivity index (χ4v) is 2.94. The van der Waals surface area contributed by atoms with Crippen LogP contribution in [0, 0.1) is 4.91 Å². The third kappa shape index (κ3) is 1.88. The standard InChI is InChI=1S/C17H13N3O3/c1-23-9-6-7-13-11(8-9)14(17(21)19-13)16-15(20-22)10-4-2-3-5-12(10)18-16/h2-8,18-19,21H,1H3. The molecule has 2 aromatic heterocycles. The topological polar surface area (TPSA) is 90.5 Å². The first-order valence-corrected chi connectivity index (χ1v) is 7.06. The maximum atomic E-state index is 11.4. The van der Waals surface area contributed by atoms with E-state index in [1.54, 1.807) is 19.2 Å². The van der Waals surface area contributed by atoms with Crippen molar-refractivity contribution in [1.82, 2.24) is 9.97 Å². The normalized spacial score (nSPS) is 11.2. The molecule has 23 heavy (non-hydrogen) atoms. The van der Waals surface area contributed by atoms with Gasteiger partial charge >= 0.3 is 0 Å². The molecule has 0 radical (unpaired) electrons. The molecule has 0 amide bonds. The molecule has 4 aromatic rings. The number of hydrogen-bond acceptors (Lipinski definition) is 4. The largest absolute Gasteiger partial charge is 0.497 e. The summed E-state index contributed by atoms with van der Waals surface area (Å²) in [5.74, 6) is 0.638. The van der Waals surface area contributed by atoms with Crippen LogP contribution in [0.15, 0.2) is 47.6 Å². The van der Waals surface area contributed by atoms with Crippen molar-refractivity contribution in [3.8, 4) is 22.9 Å². The molecule has 0 aliphatic rings. The number of benzene rings is 2.